The fourth-order valence-electron chi connectivity index (χ4n) is 1.98. The van der Waals surface area contributed by atoms with E-state index in [0.29, 0.717) is 0 Å². The number of nitrogens with zero attached hydrogens (tertiary/aromatic N) is 1. The smallest absolute Gasteiger partial charge is 0.0594 e. The summed E-state index contributed by atoms with van der Waals surface area (Å²) in [6.07, 6.45) is 1.07. The van der Waals surface area contributed by atoms with E-state index in [1.807, 2.05) is 17.8 Å². The van der Waals surface area contributed by atoms with Crippen LogP contribution in [0.5, 0.6) is 0 Å². The number of morpholine rings is 1. The number of ether oxygens (including phenoxy) is 1. The zero-order valence-electron chi connectivity index (χ0n) is 10.8. The first kappa shape index (κ1) is 13.9. The van der Waals surface area contributed by atoms with Crippen LogP contribution >= 0.6 is 11.8 Å². The van der Waals surface area contributed by atoms with E-state index in [2.05, 4.69) is 29.2 Å². The van der Waals surface area contributed by atoms with Gasteiger partial charge in [0.1, 0.15) is 0 Å². The van der Waals surface area contributed by atoms with Gasteiger partial charge >= 0.3 is 0 Å². The third kappa shape index (κ3) is 4.98. The highest BCUT2D eigenvalue weighted by molar-refractivity contribution is 7.99. The van der Waals surface area contributed by atoms with Crippen molar-refractivity contribution in [3.05, 3.63) is 30.3 Å². The molecule has 3 nitrogen and oxygen atoms in total. The van der Waals surface area contributed by atoms with Crippen LogP contribution in [-0.4, -0.2) is 49.5 Å². The number of thioether (sulfide) groups is 1. The summed E-state index contributed by atoms with van der Waals surface area (Å²) >= 11 is 1.85. The van der Waals surface area contributed by atoms with Gasteiger partial charge in [-0.25, -0.2) is 0 Å². The molecule has 0 aliphatic carbocycles. The Labute approximate surface area is 114 Å². The summed E-state index contributed by atoms with van der Waals surface area (Å²) in [5.74, 6) is 0.994. The first-order chi connectivity index (χ1) is 8.84. The number of nitrogens with two attached hydrogens (primary N) is 1. The Morgan fingerprint density at radius 2 is 1.94 bits per heavy atom. The molecule has 0 bridgehead atoms. The van der Waals surface area contributed by atoms with Crippen molar-refractivity contribution in [2.45, 2.75) is 17.4 Å². The van der Waals surface area contributed by atoms with E-state index in [4.69, 9.17) is 10.5 Å². The molecule has 100 valence electrons. The zero-order chi connectivity index (χ0) is 12.6. The summed E-state index contributed by atoms with van der Waals surface area (Å²) in [5, 5.41) is 0. The minimum absolute atomic E-state index is 0.276. The summed E-state index contributed by atoms with van der Waals surface area (Å²) in [6.45, 7) is 4.94. The van der Waals surface area contributed by atoms with Crippen molar-refractivity contribution in [1.29, 1.82) is 0 Å². The summed E-state index contributed by atoms with van der Waals surface area (Å²) in [5.41, 5.74) is 6.16. The Bertz CT molecular complexity index is 328. The molecule has 0 spiro atoms. The lowest BCUT2D eigenvalue weighted by Gasteiger charge is -2.27. The average Bonchev–Trinajstić information content (AvgIpc) is 2.45. The van der Waals surface area contributed by atoms with Gasteiger partial charge in [0.2, 0.25) is 0 Å². The third-order valence-electron chi connectivity index (χ3n) is 3.13. The number of hydrogen-bond donors (Lipinski definition) is 1. The highest BCUT2D eigenvalue weighted by Crippen LogP contribution is 2.18. The highest BCUT2D eigenvalue weighted by Gasteiger charge is 2.11. The molecule has 0 aromatic heterocycles. The van der Waals surface area contributed by atoms with Crippen molar-refractivity contribution in [2.75, 3.05) is 38.6 Å². The van der Waals surface area contributed by atoms with E-state index in [9.17, 15) is 0 Å². The SMILES string of the molecule is N[C@@H](CCN1CCOCC1)CSc1ccccc1. The second-order valence-electron chi connectivity index (χ2n) is 4.63. The van der Waals surface area contributed by atoms with Crippen LogP contribution in [0.15, 0.2) is 35.2 Å². The number of rotatable bonds is 6. The van der Waals surface area contributed by atoms with Gasteiger partial charge in [-0.1, -0.05) is 18.2 Å². The van der Waals surface area contributed by atoms with Crippen LogP contribution in [0.1, 0.15) is 6.42 Å². The summed E-state index contributed by atoms with van der Waals surface area (Å²) in [7, 11) is 0. The molecule has 2 rings (SSSR count). The lowest BCUT2D eigenvalue weighted by Crippen LogP contribution is -2.39. The Morgan fingerprint density at radius 3 is 2.67 bits per heavy atom. The van der Waals surface area contributed by atoms with Crippen LogP contribution in [0.4, 0.5) is 0 Å². The molecular weight excluding hydrogens is 244 g/mol. The van der Waals surface area contributed by atoms with Crippen LogP contribution in [0, 0.1) is 0 Å². The molecule has 0 amide bonds. The van der Waals surface area contributed by atoms with E-state index in [1.165, 1.54) is 4.90 Å². The van der Waals surface area contributed by atoms with Gasteiger partial charge in [-0.15, -0.1) is 11.8 Å². The molecule has 0 unspecified atom stereocenters. The Kier molecular flexibility index (Phi) is 6.00. The van der Waals surface area contributed by atoms with Crippen molar-refractivity contribution >= 4 is 11.8 Å². The highest BCUT2D eigenvalue weighted by atomic mass is 32.2. The van der Waals surface area contributed by atoms with Crippen LogP contribution in [-0.2, 0) is 4.74 Å². The van der Waals surface area contributed by atoms with E-state index in [-0.39, 0.29) is 6.04 Å². The van der Waals surface area contributed by atoms with Crippen LogP contribution in [0.25, 0.3) is 0 Å². The molecule has 1 atom stereocenters. The van der Waals surface area contributed by atoms with Gasteiger partial charge in [-0.05, 0) is 25.1 Å². The van der Waals surface area contributed by atoms with Crippen molar-refractivity contribution in [3.8, 4) is 0 Å². The molecule has 1 aromatic carbocycles. The molecule has 1 saturated heterocycles. The van der Waals surface area contributed by atoms with Crippen molar-refractivity contribution in [2.24, 2.45) is 5.73 Å². The van der Waals surface area contributed by atoms with Crippen molar-refractivity contribution in [1.82, 2.24) is 4.90 Å². The lowest BCUT2D eigenvalue weighted by molar-refractivity contribution is 0.0369. The normalized spacial score (nSPS) is 18.7. The minimum Gasteiger partial charge on any atom is -0.379 e. The fraction of sp³-hybridized carbons (Fsp3) is 0.571. The molecule has 1 fully saturated rings. The maximum atomic E-state index is 6.16. The molecule has 1 heterocycles. The standard InChI is InChI=1S/C14H22N2OS/c15-13(6-7-16-8-10-17-11-9-16)12-18-14-4-2-1-3-5-14/h1-5,13H,6-12,15H2/t13-/m0/s1. The predicted octanol–water partition coefficient (Wildman–Crippen LogP) is 1.83. The second kappa shape index (κ2) is 7.79. The largest absolute Gasteiger partial charge is 0.379 e. The van der Waals surface area contributed by atoms with Gasteiger partial charge in [0.25, 0.3) is 0 Å². The van der Waals surface area contributed by atoms with Crippen LogP contribution < -0.4 is 5.73 Å². The Morgan fingerprint density at radius 1 is 1.22 bits per heavy atom. The predicted molar refractivity (Wildman–Crippen MR) is 77.0 cm³/mol. The Balaban J connectivity index is 1.61. The van der Waals surface area contributed by atoms with Gasteiger partial charge in [-0.3, -0.25) is 4.90 Å². The van der Waals surface area contributed by atoms with E-state index in [1.54, 1.807) is 0 Å². The number of hydrogen-bond acceptors (Lipinski definition) is 4. The van der Waals surface area contributed by atoms with Gasteiger partial charge in [0.05, 0.1) is 13.2 Å². The summed E-state index contributed by atoms with van der Waals surface area (Å²) in [6, 6.07) is 10.7. The molecule has 1 aromatic rings. The maximum absolute atomic E-state index is 6.16. The molecule has 0 saturated carbocycles. The zero-order valence-corrected chi connectivity index (χ0v) is 11.6. The topological polar surface area (TPSA) is 38.5 Å². The molecule has 4 heteroatoms. The average molecular weight is 266 g/mol. The van der Waals surface area contributed by atoms with E-state index >= 15 is 0 Å². The lowest BCUT2D eigenvalue weighted by atomic mass is 10.2. The van der Waals surface area contributed by atoms with Gasteiger partial charge in [-0.2, -0.15) is 0 Å². The first-order valence-electron chi connectivity index (χ1n) is 6.58. The molecular formula is C14H22N2OS. The maximum Gasteiger partial charge on any atom is 0.0594 e. The number of benzene rings is 1. The van der Waals surface area contributed by atoms with Gasteiger partial charge in [0.15, 0.2) is 0 Å². The van der Waals surface area contributed by atoms with Gasteiger partial charge < -0.3 is 10.5 Å². The monoisotopic (exact) mass is 266 g/mol. The minimum atomic E-state index is 0.276. The first-order valence-corrected chi connectivity index (χ1v) is 7.56. The van der Waals surface area contributed by atoms with Crippen molar-refractivity contribution in [3.63, 3.8) is 0 Å². The van der Waals surface area contributed by atoms with E-state index < -0.39 is 0 Å². The third-order valence-corrected chi connectivity index (χ3v) is 4.33. The summed E-state index contributed by atoms with van der Waals surface area (Å²) < 4.78 is 5.33. The molecule has 1 aliphatic rings. The molecule has 0 radical (unpaired) electrons. The molecule has 18 heavy (non-hydrogen) atoms. The molecule has 1 aliphatic heterocycles. The van der Waals surface area contributed by atoms with Crippen molar-refractivity contribution < 1.29 is 4.74 Å². The quantitative estimate of drug-likeness (QED) is 0.797. The fourth-order valence-corrected chi connectivity index (χ4v) is 2.90. The van der Waals surface area contributed by atoms with Crippen LogP contribution in [0.3, 0.4) is 0 Å². The summed E-state index contributed by atoms with van der Waals surface area (Å²) in [4.78, 5) is 3.75. The van der Waals surface area contributed by atoms with Crippen LogP contribution in [0.2, 0.25) is 0 Å². The Hall–Kier alpha value is -0.550. The van der Waals surface area contributed by atoms with E-state index in [0.717, 1.165) is 45.0 Å². The molecule has 2 N–H and O–H groups in total. The second-order valence-corrected chi connectivity index (χ2v) is 5.72. The van der Waals surface area contributed by atoms with Gasteiger partial charge in [0, 0.05) is 29.8 Å².